The molecular weight excluding hydrogens is 192 g/mol. The Balaban J connectivity index is 2.47. The van der Waals surface area contributed by atoms with Gasteiger partial charge in [-0.2, -0.15) is 0 Å². The SMILES string of the molecule is CNC(C)(C)CN1CC(OC)C(OC)C1. The molecule has 0 aliphatic carbocycles. The smallest absolute Gasteiger partial charge is 0.0971 e. The van der Waals surface area contributed by atoms with Crippen LogP contribution >= 0.6 is 0 Å². The first-order chi connectivity index (χ1) is 7.02. The number of likely N-dealkylation sites (N-methyl/N-ethyl adjacent to an activating group) is 1. The van der Waals surface area contributed by atoms with E-state index in [4.69, 9.17) is 9.47 Å². The van der Waals surface area contributed by atoms with Gasteiger partial charge in [0, 0.05) is 39.4 Å². The van der Waals surface area contributed by atoms with E-state index in [1.54, 1.807) is 14.2 Å². The molecule has 0 spiro atoms. The molecule has 0 aromatic carbocycles. The molecule has 0 saturated carbocycles. The van der Waals surface area contributed by atoms with Gasteiger partial charge in [-0.15, -0.1) is 0 Å². The van der Waals surface area contributed by atoms with Crippen LogP contribution in [0.2, 0.25) is 0 Å². The zero-order valence-electron chi connectivity index (χ0n) is 10.5. The van der Waals surface area contributed by atoms with E-state index in [-0.39, 0.29) is 17.7 Å². The van der Waals surface area contributed by atoms with Crippen LogP contribution in [-0.2, 0) is 9.47 Å². The van der Waals surface area contributed by atoms with Gasteiger partial charge in [0.05, 0.1) is 12.2 Å². The maximum Gasteiger partial charge on any atom is 0.0971 e. The topological polar surface area (TPSA) is 33.7 Å². The molecule has 1 fully saturated rings. The Morgan fingerprint density at radius 3 is 2.00 bits per heavy atom. The molecule has 0 aromatic rings. The van der Waals surface area contributed by atoms with Gasteiger partial charge >= 0.3 is 0 Å². The molecule has 0 aromatic heterocycles. The van der Waals surface area contributed by atoms with E-state index in [9.17, 15) is 0 Å². The van der Waals surface area contributed by atoms with Gasteiger partial charge in [-0.1, -0.05) is 0 Å². The van der Waals surface area contributed by atoms with Gasteiger partial charge in [0.25, 0.3) is 0 Å². The monoisotopic (exact) mass is 216 g/mol. The highest BCUT2D eigenvalue weighted by molar-refractivity contribution is 4.90. The first kappa shape index (κ1) is 12.9. The van der Waals surface area contributed by atoms with E-state index in [0.717, 1.165) is 19.6 Å². The summed E-state index contributed by atoms with van der Waals surface area (Å²) >= 11 is 0. The minimum absolute atomic E-state index is 0.140. The average Bonchev–Trinajstić information content (AvgIpc) is 2.59. The molecule has 2 atom stereocenters. The predicted molar refractivity (Wildman–Crippen MR) is 61.2 cm³/mol. The highest BCUT2D eigenvalue weighted by atomic mass is 16.5. The highest BCUT2D eigenvalue weighted by Gasteiger charge is 2.34. The molecule has 15 heavy (non-hydrogen) atoms. The van der Waals surface area contributed by atoms with Crippen LogP contribution in [0.1, 0.15) is 13.8 Å². The Labute approximate surface area is 92.9 Å². The Kier molecular flexibility index (Phi) is 4.52. The summed E-state index contributed by atoms with van der Waals surface area (Å²) in [4.78, 5) is 2.39. The Hall–Kier alpha value is -0.160. The summed E-state index contributed by atoms with van der Waals surface area (Å²) < 4.78 is 10.8. The fourth-order valence-corrected chi connectivity index (χ4v) is 2.04. The highest BCUT2D eigenvalue weighted by Crippen LogP contribution is 2.17. The summed E-state index contributed by atoms with van der Waals surface area (Å²) in [5.74, 6) is 0. The second-order valence-corrected chi connectivity index (χ2v) is 4.88. The Morgan fingerprint density at radius 1 is 1.20 bits per heavy atom. The fraction of sp³-hybridized carbons (Fsp3) is 1.00. The number of likely N-dealkylation sites (tertiary alicyclic amines) is 1. The molecule has 0 amide bonds. The van der Waals surface area contributed by atoms with Crippen molar-refractivity contribution in [3.63, 3.8) is 0 Å². The summed E-state index contributed by atoms with van der Waals surface area (Å²) in [6.45, 7) is 7.34. The normalized spacial score (nSPS) is 28.6. The van der Waals surface area contributed by atoms with E-state index >= 15 is 0 Å². The third kappa shape index (κ3) is 3.41. The van der Waals surface area contributed by atoms with Crippen LogP contribution in [0.4, 0.5) is 0 Å². The number of methoxy groups -OCH3 is 2. The van der Waals surface area contributed by atoms with E-state index in [1.165, 1.54) is 0 Å². The van der Waals surface area contributed by atoms with Gasteiger partial charge in [-0.25, -0.2) is 0 Å². The zero-order chi connectivity index (χ0) is 11.5. The lowest BCUT2D eigenvalue weighted by molar-refractivity contribution is -0.00461. The average molecular weight is 216 g/mol. The standard InChI is InChI=1S/C11H24N2O2/c1-11(2,12-3)8-13-6-9(14-4)10(7-13)15-5/h9-10,12H,6-8H2,1-5H3. The molecule has 1 heterocycles. The molecule has 1 saturated heterocycles. The number of nitrogens with one attached hydrogen (secondary N) is 1. The molecule has 1 aliphatic heterocycles. The van der Waals surface area contributed by atoms with Crippen molar-refractivity contribution in [3.8, 4) is 0 Å². The maximum absolute atomic E-state index is 5.41. The van der Waals surface area contributed by atoms with Crippen molar-refractivity contribution >= 4 is 0 Å². The number of hydrogen-bond acceptors (Lipinski definition) is 4. The molecule has 0 radical (unpaired) electrons. The van der Waals surface area contributed by atoms with Crippen LogP contribution in [0.25, 0.3) is 0 Å². The first-order valence-electron chi connectivity index (χ1n) is 5.49. The summed E-state index contributed by atoms with van der Waals surface area (Å²) in [5.41, 5.74) is 0.140. The molecule has 1 N–H and O–H groups in total. The lowest BCUT2D eigenvalue weighted by atomic mass is 10.1. The number of hydrogen-bond donors (Lipinski definition) is 1. The second kappa shape index (κ2) is 5.25. The zero-order valence-corrected chi connectivity index (χ0v) is 10.5. The van der Waals surface area contributed by atoms with Crippen molar-refractivity contribution < 1.29 is 9.47 Å². The fourth-order valence-electron chi connectivity index (χ4n) is 2.04. The minimum atomic E-state index is 0.140. The number of rotatable bonds is 5. The third-order valence-corrected chi connectivity index (χ3v) is 3.19. The van der Waals surface area contributed by atoms with E-state index < -0.39 is 0 Å². The molecule has 0 bridgehead atoms. The van der Waals surface area contributed by atoms with E-state index in [0.29, 0.717) is 0 Å². The first-order valence-corrected chi connectivity index (χ1v) is 5.49. The van der Waals surface area contributed by atoms with Crippen molar-refractivity contribution in [2.45, 2.75) is 31.6 Å². The number of ether oxygens (including phenoxy) is 2. The Morgan fingerprint density at radius 2 is 1.67 bits per heavy atom. The molecular formula is C11H24N2O2. The minimum Gasteiger partial charge on any atom is -0.377 e. The predicted octanol–water partition coefficient (Wildman–Crippen LogP) is 0.330. The molecule has 1 aliphatic rings. The van der Waals surface area contributed by atoms with Crippen molar-refractivity contribution in [2.24, 2.45) is 0 Å². The van der Waals surface area contributed by atoms with Crippen molar-refractivity contribution in [3.05, 3.63) is 0 Å². The summed E-state index contributed by atoms with van der Waals surface area (Å²) in [5, 5.41) is 3.31. The van der Waals surface area contributed by atoms with E-state index in [1.807, 2.05) is 7.05 Å². The van der Waals surface area contributed by atoms with Gasteiger partial charge in [0.15, 0.2) is 0 Å². The van der Waals surface area contributed by atoms with Crippen LogP contribution in [0.5, 0.6) is 0 Å². The summed E-state index contributed by atoms with van der Waals surface area (Å²) in [7, 11) is 5.50. The third-order valence-electron chi connectivity index (χ3n) is 3.19. The lowest BCUT2D eigenvalue weighted by Gasteiger charge is -2.29. The van der Waals surface area contributed by atoms with Gasteiger partial charge in [0.1, 0.15) is 0 Å². The molecule has 4 nitrogen and oxygen atoms in total. The molecule has 1 rings (SSSR count). The van der Waals surface area contributed by atoms with E-state index in [2.05, 4.69) is 24.1 Å². The van der Waals surface area contributed by atoms with Crippen LogP contribution in [0.3, 0.4) is 0 Å². The summed E-state index contributed by atoms with van der Waals surface area (Å²) in [6, 6.07) is 0. The van der Waals surface area contributed by atoms with Gasteiger partial charge in [-0.3, -0.25) is 4.90 Å². The van der Waals surface area contributed by atoms with Crippen LogP contribution in [-0.4, -0.2) is 63.5 Å². The number of nitrogens with zero attached hydrogens (tertiary/aromatic N) is 1. The molecule has 2 unspecified atom stereocenters. The van der Waals surface area contributed by atoms with Crippen molar-refractivity contribution in [2.75, 3.05) is 40.9 Å². The second-order valence-electron chi connectivity index (χ2n) is 4.88. The molecule has 90 valence electrons. The van der Waals surface area contributed by atoms with Gasteiger partial charge < -0.3 is 14.8 Å². The Bertz CT molecular complexity index is 185. The van der Waals surface area contributed by atoms with Crippen LogP contribution in [0, 0.1) is 0 Å². The quantitative estimate of drug-likeness (QED) is 0.718. The maximum atomic E-state index is 5.41. The van der Waals surface area contributed by atoms with Gasteiger partial charge in [-0.05, 0) is 20.9 Å². The largest absolute Gasteiger partial charge is 0.377 e. The van der Waals surface area contributed by atoms with Crippen molar-refractivity contribution in [1.29, 1.82) is 0 Å². The van der Waals surface area contributed by atoms with Crippen molar-refractivity contribution in [1.82, 2.24) is 10.2 Å². The molecule has 4 heteroatoms. The lowest BCUT2D eigenvalue weighted by Crippen LogP contribution is -2.47. The summed E-state index contributed by atoms with van der Waals surface area (Å²) in [6.07, 6.45) is 0.422. The van der Waals surface area contributed by atoms with Crippen LogP contribution in [0.15, 0.2) is 0 Å². The van der Waals surface area contributed by atoms with Crippen LogP contribution < -0.4 is 5.32 Å². The van der Waals surface area contributed by atoms with Gasteiger partial charge in [0.2, 0.25) is 0 Å².